The quantitative estimate of drug-likeness (QED) is 0.519. The largest absolute Gasteiger partial charge is 0.0758 e. The number of allylic oxidation sites excluding steroid dienone is 1. The maximum atomic E-state index is 2.43. The van der Waals surface area contributed by atoms with Crippen LogP contribution in [-0.4, -0.2) is 8.07 Å². The Morgan fingerprint density at radius 3 is 1.42 bits per heavy atom. The average Bonchev–Trinajstić information content (AvgIpc) is 2.71. The standard InChI is InChI=1S/C18H20Si/c1-13(19(2,3)4)18-16-11-7-5-9-14(16)15-10-6-8-12-17(15)18/h5-12H,1-4H3. The van der Waals surface area contributed by atoms with Crippen molar-refractivity contribution in [2.75, 3.05) is 0 Å². The smallest absolute Gasteiger partial charge is 0.0729 e. The van der Waals surface area contributed by atoms with Crippen LogP contribution in [0.4, 0.5) is 0 Å². The fourth-order valence-corrected chi connectivity index (χ4v) is 3.82. The van der Waals surface area contributed by atoms with Crippen LogP contribution in [0.5, 0.6) is 0 Å². The molecule has 0 aliphatic heterocycles. The van der Waals surface area contributed by atoms with Crippen molar-refractivity contribution in [3.63, 3.8) is 0 Å². The zero-order chi connectivity index (χ0) is 13.6. The summed E-state index contributed by atoms with van der Waals surface area (Å²) in [6.07, 6.45) is 0. The molecule has 0 saturated carbocycles. The van der Waals surface area contributed by atoms with E-state index in [4.69, 9.17) is 0 Å². The van der Waals surface area contributed by atoms with Gasteiger partial charge in [-0.15, -0.1) is 0 Å². The number of benzene rings is 2. The molecule has 0 unspecified atom stereocenters. The Labute approximate surface area is 116 Å². The molecular formula is C18H20Si. The number of rotatable bonds is 1. The van der Waals surface area contributed by atoms with Crippen LogP contribution in [0.3, 0.4) is 0 Å². The second-order valence-corrected chi connectivity index (χ2v) is 11.6. The lowest BCUT2D eigenvalue weighted by atomic mass is 10.0. The highest BCUT2D eigenvalue weighted by Gasteiger charge is 2.28. The molecule has 0 N–H and O–H groups in total. The molecule has 0 radical (unpaired) electrons. The fourth-order valence-electron chi connectivity index (χ4n) is 2.80. The highest BCUT2D eigenvalue weighted by Crippen LogP contribution is 2.46. The van der Waals surface area contributed by atoms with Crippen molar-refractivity contribution < 1.29 is 0 Å². The highest BCUT2D eigenvalue weighted by atomic mass is 28.3. The van der Waals surface area contributed by atoms with Crippen molar-refractivity contribution in [2.45, 2.75) is 26.6 Å². The number of fused-ring (bicyclic) bond motifs is 3. The Balaban J connectivity index is 2.39. The molecule has 0 bridgehead atoms. The predicted octanol–water partition coefficient (Wildman–Crippen LogP) is 5.37. The highest BCUT2D eigenvalue weighted by molar-refractivity contribution is 6.84. The van der Waals surface area contributed by atoms with E-state index in [9.17, 15) is 0 Å². The molecule has 2 aromatic rings. The minimum atomic E-state index is -1.28. The molecule has 0 spiro atoms. The first-order chi connectivity index (χ1) is 9.00. The summed E-state index contributed by atoms with van der Waals surface area (Å²) < 4.78 is 0. The molecule has 19 heavy (non-hydrogen) atoms. The summed E-state index contributed by atoms with van der Waals surface area (Å²) >= 11 is 0. The molecule has 0 heterocycles. The fraction of sp³-hybridized carbons (Fsp3) is 0.222. The third kappa shape index (κ3) is 1.89. The van der Waals surface area contributed by atoms with Gasteiger partial charge < -0.3 is 0 Å². The molecule has 96 valence electrons. The lowest BCUT2D eigenvalue weighted by Gasteiger charge is -2.21. The molecule has 1 aliphatic rings. The molecule has 0 saturated heterocycles. The van der Waals surface area contributed by atoms with Gasteiger partial charge in [0.05, 0.1) is 8.07 Å². The minimum absolute atomic E-state index is 1.28. The van der Waals surface area contributed by atoms with Gasteiger partial charge in [-0.25, -0.2) is 0 Å². The van der Waals surface area contributed by atoms with Gasteiger partial charge in [0.15, 0.2) is 0 Å². The molecular weight excluding hydrogens is 244 g/mol. The van der Waals surface area contributed by atoms with E-state index in [1.165, 1.54) is 27.8 Å². The van der Waals surface area contributed by atoms with Crippen molar-refractivity contribution >= 4 is 13.6 Å². The Bertz CT molecular complexity index is 625. The van der Waals surface area contributed by atoms with Crippen LogP contribution in [0.25, 0.3) is 16.7 Å². The Morgan fingerprint density at radius 2 is 1.05 bits per heavy atom. The van der Waals surface area contributed by atoms with Gasteiger partial charge in [-0.2, -0.15) is 0 Å². The zero-order valence-electron chi connectivity index (χ0n) is 12.1. The van der Waals surface area contributed by atoms with Crippen LogP contribution in [-0.2, 0) is 0 Å². The topological polar surface area (TPSA) is 0 Å². The van der Waals surface area contributed by atoms with E-state index in [1.54, 1.807) is 5.20 Å². The van der Waals surface area contributed by atoms with Gasteiger partial charge in [-0.05, 0) is 34.8 Å². The maximum absolute atomic E-state index is 2.43. The zero-order valence-corrected chi connectivity index (χ0v) is 13.1. The van der Waals surface area contributed by atoms with E-state index in [0.29, 0.717) is 0 Å². The second kappa shape index (κ2) is 4.21. The van der Waals surface area contributed by atoms with Gasteiger partial charge in [0.1, 0.15) is 0 Å². The molecule has 0 aromatic heterocycles. The summed E-state index contributed by atoms with van der Waals surface area (Å²) in [6.45, 7) is 9.62. The van der Waals surface area contributed by atoms with Crippen molar-refractivity contribution in [3.05, 3.63) is 64.9 Å². The molecule has 0 fully saturated rings. The monoisotopic (exact) mass is 264 g/mol. The summed E-state index contributed by atoms with van der Waals surface area (Å²) in [4.78, 5) is 0. The van der Waals surface area contributed by atoms with Crippen LogP contribution in [0, 0.1) is 0 Å². The first-order valence-electron chi connectivity index (χ1n) is 6.90. The van der Waals surface area contributed by atoms with Crippen molar-refractivity contribution in [2.24, 2.45) is 0 Å². The van der Waals surface area contributed by atoms with Crippen LogP contribution < -0.4 is 0 Å². The molecule has 0 atom stereocenters. The normalized spacial score (nSPS) is 13.2. The molecule has 1 aliphatic carbocycles. The molecule has 2 aromatic carbocycles. The summed E-state index contributed by atoms with van der Waals surface area (Å²) in [5, 5.41) is 1.60. The van der Waals surface area contributed by atoms with Gasteiger partial charge >= 0.3 is 0 Å². The van der Waals surface area contributed by atoms with E-state index >= 15 is 0 Å². The molecule has 1 heteroatoms. The first kappa shape index (κ1) is 12.4. The Kier molecular flexibility index (Phi) is 2.75. The predicted molar refractivity (Wildman–Crippen MR) is 86.9 cm³/mol. The second-order valence-electron chi connectivity index (χ2n) is 6.34. The molecule has 0 amide bonds. The van der Waals surface area contributed by atoms with Crippen LogP contribution in [0.2, 0.25) is 19.6 Å². The minimum Gasteiger partial charge on any atom is -0.0758 e. The lowest BCUT2D eigenvalue weighted by molar-refractivity contribution is 1.51. The summed E-state index contributed by atoms with van der Waals surface area (Å²) in [6, 6.07) is 17.6. The maximum Gasteiger partial charge on any atom is 0.0729 e. The number of hydrogen-bond acceptors (Lipinski definition) is 0. The van der Waals surface area contributed by atoms with Gasteiger partial charge in [-0.1, -0.05) is 73.4 Å². The van der Waals surface area contributed by atoms with Crippen molar-refractivity contribution in [1.82, 2.24) is 0 Å². The van der Waals surface area contributed by atoms with Crippen LogP contribution >= 0.6 is 0 Å². The SMILES string of the molecule is CC(=C1c2ccccc2-c2ccccc21)[Si](C)(C)C. The molecule has 3 rings (SSSR count). The third-order valence-electron chi connectivity index (χ3n) is 4.18. The van der Waals surface area contributed by atoms with Gasteiger partial charge in [0.2, 0.25) is 0 Å². The van der Waals surface area contributed by atoms with Gasteiger partial charge in [0, 0.05) is 0 Å². The lowest BCUT2D eigenvalue weighted by Crippen LogP contribution is -2.23. The summed E-state index contributed by atoms with van der Waals surface area (Å²) in [5.74, 6) is 0. The third-order valence-corrected chi connectivity index (χ3v) is 6.68. The summed E-state index contributed by atoms with van der Waals surface area (Å²) in [7, 11) is -1.28. The van der Waals surface area contributed by atoms with Crippen molar-refractivity contribution in [1.29, 1.82) is 0 Å². The van der Waals surface area contributed by atoms with E-state index in [0.717, 1.165) is 0 Å². The van der Waals surface area contributed by atoms with Gasteiger partial charge in [-0.3, -0.25) is 0 Å². The Morgan fingerprint density at radius 1 is 0.684 bits per heavy atom. The Hall–Kier alpha value is -1.60. The van der Waals surface area contributed by atoms with Crippen LogP contribution in [0.1, 0.15) is 18.1 Å². The first-order valence-corrected chi connectivity index (χ1v) is 10.4. The van der Waals surface area contributed by atoms with E-state index in [-0.39, 0.29) is 0 Å². The average molecular weight is 264 g/mol. The van der Waals surface area contributed by atoms with E-state index in [2.05, 4.69) is 75.1 Å². The van der Waals surface area contributed by atoms with Crippen molar-refractivity contribution in [3.8, 4) is 11.1 Å². The van der Waals surface area contributed by atoms with E-state index < -0.39 is 8.07 Å². The van der Waals surface area contributed by atoms with E-state index in [1.807, 2.05) is 0 Å². The summed E-state index contributed by atoms with van der Waals surface area (Å²) in [5.41, 5.74) is 7.12. The van der Waals surface area contributed by atoms with Gasteiger partial charge in [0.25, 0.3) is 0 Å². The van der Waals surface area contributed by atoms with Crippen LogP contribution in [0.15, 0.2) is 53.7 Å². The molecule has 0 nitrogen and oxygen atoms in total. The number of hydrogen-bond donors (Lipinski definition) is 0.